The van der Waals surface area contributed by atoms with Crippen molar-refractivity contribution in [3.8, 4) is 0 Å². The topological polar surface area (TPSA) is 55.4 Å². The molecule has 0 bridgehead atoms. The molecule has 1 unspecified atom stereocenters. The molecule has 1 rings (SSSR count). The third-order valence-corrected chi connectivity index (χ3v) is 4.73. The third kappa shape index (κ3) is 5.82. The molecule has 0 aromatic rings. The molecule has 0 aromatic heterocycles. The zero-order valence-corrected chi connectivity index (χ0v) is 10.9. The van der Waals surface area contributed by atoms with Crippen LogP contribution < -0.4 is 5.32 Å². The minimum atomic E-state index is -2.79. The maximum Gasteiger partial charge on any atom is 0.150 e. The van der Waals surface area contributed by atoms with E-state index in [1.807, 2.05) is 0 Å². The molecule has 0 radical (unpaired) electrons. The summed E-state index contributed by atoms with van der Waals surface area (Å²) in [5.41, 5.74) is 0. The first kappa shape index (κ1) is 13.9. The normalized spacial score (nSPS) is 22.2. The van der Waals surface area contributed by atoms with Crippen molar-refractivity contribution in [2.24, 2.45) is 5.92 Å². The second-order valence-electron chi connectivity index (χ2n) is 4.38. The van der Waals surface area contributed by atoms with Crippen LogP contribution >= 0.6 is 0 Å². The molecule has 0 saturated carbocycles. The minimum absolute atomic E-state index is 0.253. The average Bonchev–Trinajstić information content (AvgIpc) is 2.30. The van der Waals surface area contributed by atoms with Gasteiger partial charge in [0.2, 0.25) is 0 Å². The van der Waals surface area contributed by atoms with Gasteiger partial charge in [-0.3, -0.25) is 0 Å². The Balaban J connectivity index is 1.99. The quantitative estimate of drug-likeness (QED) is 0.679. The van der Waals surface area contributed by atoms with E-state index >= 15 is 0 Å². The first-order valence-corrected chi connectivity index (χ1v) is 7.95. The van der Waals surface area contributed by atoms with E-state index in [2.05, 4.69) is 5.32 Å². The summed E-state index contributed by atoms with van der Waals surface area (Å²) in [6, 6.07) is 0. The van der Waals surface area contributed by atoms with Crippen LogP contribution in [-0.2, 0) is 14.6 Å². The fourth-order valence-corrected chi connectivity index (χ4v) is 2.71. The Morgan fingerprint density at radius 3 is 2.88 bits per heavy atom. The van der Waals surface area contributed by atoms with Gasteiger partial charge in [-0.2, -0.15) is 0 Å². The van der Waals surface area contributed by atoms with Gasteiger partial charge in [-0.1, -0.05) is 6.92 Å². The first-order valence-electron chi connectivity index (χ1n) is 6.13. The van der Waals surface area contributed by atoms with Crippen molar-refractivity contribution in [1.29, 1.82) is 0 Å². The van der Waals surface area contributed by atoms with E-state index in [-0.39, 0.29) is 5.75 Å². The summed E-state index contributed by atoms with van der Waals surface area (Å²) in [7, 11) is -2.79. The van der Waals surface area contributed by atoms with Crippen LogP contribution in [0.1, 0.15) is 26.2 Å². The molecule has 0 aromatic carbocycles. The van der Waals surface area contributed by atoms with Gasteiger partial charge in [-0.15, -0.1) is 0 Å². The van der Waals surface area contributed by atoms with Crippen LogP contribution in [-0.4, -0.2) is 46.2 Å². The molecule has 16 heavy (non-hydrogen) atoms. The van der Waals surface area contributed by atoms with E-state index in [9.17, 15) is 8.42 Å². The molecule has 1 saturated heterocycles. The Morgan fingerprint density at radius 2 is 2.25 bits per heavy atom. The van der Waals surface area contributed by atoms with Gasteiger partial charge in [-0.25, -0.2) is 8.42 Å². The van der Waals surface area contributed by atoms with Gasteiger partial charge in [0.1, 0.15) is 9.84 Å². The summed E-state index contributed by atoms with van der Waals surface area (Å²) in [5.74, 6) is 1.16. The number of ether oxygens (including phenoxy) is 1. The Labute approximate surface area is 98.7 Å². The molecule has 96 valence electrons. The summed E-state index contributed by atoms with van der Waals surface area (Å²) in [5, 5.41) is 3.31. The summed E-state index contributed by atoms with van der Waals surface area (Å²) < 4.78 is 27.8. The Kier molecular flexibility index (Phi) is 6.31. The van der Waals surface area contributed by atoms with Gasteiger partial charge in [-0.05, 0) is 31.7 Å². The third-order valence-electron chi connectivity index (χ3n) is 2.94. The molecule has 0 aliphatic carbocycles. The molecular weight excluding hydrogens is 226 g/mol. The summed E-state index contributed by atoms with van der Waals surface area (Å²) >= 11 is 0. The lowest BCUT2D eigenvalue weighted by atomic mass is 10.0. The SMILES string of the molecule is CCS(=O)(=O)CCCNCC1CCCOC1. The molecule has 4 nitrogen and oxygen atoms in total. The van der Waals surface area contributed by atoms with E-state index < -0.39 is 9.84 Å². The predicted octanol–water partition coefficient (Wildman–Crippen LogP) is 0.827. The highest BCUT2D eigenvalue weighted by Gasteiger charge is 2.13. The van der Waals surface area contributed by atoms with Gasteiger partial charge < -0.3 is 10.1 Å². The van der Waals surface area contributed by atoms with Crippen molar-refractivity contribution in [3.63, 3.8) is 0 Å². The lowest BCUT2D eigenvalue weighted by Gasteiger charge is -2.22. The average molecular weight is 249 g/mol. The lowest BCUT2D eigenvalue weighted by Crippen LogP contribution is -2.30. The number of rotatable bonds is 7. The van der Waals surface area contributed by atoms with E-state index in [0.717, 1.165) is 32.7 Å². The van der Waals surface area contributed by atoms with Gasteiger partial charge >= 0.3 is 0 Å². The largest absolute Gasteiger partial charge is 0.381 e. The molecule has 1 fully saturated rings. The van der Waals surface area contributed by atoms with Gasteiger partial charge in [0.25, 0.3) is 0 Å². The number of hydrogen-bond donors (Lipinski definition) is 1. The lowest BCUT2D eigenvalue weighted by molar-refractivity contribution is 0.0549. The van der Waals surface area contributed by atoms with Crippen LogP contribution in [0.3, 0.4) is 0 Å². The van der Waals surface area contributed by atoms with Crippen molar-refractivity contribution < 1.29 is 13.2 Å². The maximum atomic E-state index is 11.2. The Bertz CT molecular complexity index is 271. The molecule has 1 atom stereocenters. The van der Waals surface area contributed by atoms with Crippen molar-refractivity contribution in [2.75, 3.05) is 37.8 Å². The van der Waals surface area contributed by atoms with Crippen LogP contribution in [0.4, 0.5) is 0 Å². The Hall–Kier alpha value is -0.130. The van der Waals surface area contributed by atoms with E-state index in [1.54, 1.807) is 6.92 Å². The van der Waals surface area contributed by atoms with Crippen LogP contribution in [0.25, 0.3) is 0 Å². The molecule has 0 amide bonds. The molecule has 1 heterocycles. The smallest absolute Gasteiger partial charge is 0.150 e. The fraction of sp³-hybridized carbons (Fsp3) is 1.00. The molecule has 1 aliphatic rings. The fourth-order valence-electron chi connectivity index (χ4n) is 1.84. The number of sulfone groups is 1. The van der Waals surface area contributed by atoms with Crippen LogP contribution in [0, 0.1) is 5.92 Å². The van der Waals surface area contributed by atoms with Crippen molar-refractivity contribution >= 4 is 9.84 Å². The van der Waals surface area contributed by atoms with Crippen LogP contribution in [0.2, 0.25) is 0 Å². The summed E-state index contributed by atoms with van der Waals surface area (Å²) in [6.07, 6.45) is 3.08. The highest BCUT2D eigenvalue weighted by atomic mass is 32.2. The van der Waals surface area contributed by atoms with Gasteiger partial charge in [0.15, 0.2) is 0 Å². The molecular formula is C11H23NO3S. The first-order chi connectivity index (χ1) is 7.64. The van der Waals surface area contributed by atoms with E-state index in [0.29, 0.717) is 18.1 Å². The van der Waals surface area contributed by atoms with Gasteiger partial charge in [0, 0.05) is 18.9 Å². The zero-order valence-electron chi connectivity index (χ0n) is 10.1. The second kappa shape index (κ2) is 7.25. The molecule has 1 N–H and O–H groups in total. The summed E-state index contributed by atoms with van der Waals surface area (Å²) in [6.45, 7) is 5.18. The highest BCUT2D eigenvalue weighted by molar-refractivity contribution is 7.91. The Morgan fingerprint density at radius 1 is 1.44 bits per heavy atom. The van der Waals surface area contributed by atoms with Crippen molar-refractivity contribution in [3.05, 3.63) is 0 Å². The van der Waals surface area contributed by atoms with Crippen molar-refractivity contribution in [1.82, 2.24) is 5.32 Å². The maximum absolute atomic E-state index is 11.2. The van der Waals surface area contributed by atoms with Crippen LogP contribution in [0.15, 0.2) is 0 Å². The van der Waals surface area contributed by atoms with Crippen LogP contribution in [0.5, 0.6) is 0 Å². The van der Waals surface area contributed by atoms with Gasteiger partial charge in [0.05, 0.1) is 12.4 Å². The molecule has 0 spiro atoms. The highest BCUT2D eigenvalue weighted by Crippen LogP contribution is 2.11. The minimum Gasteiger partial charge on any atom is -0.381 e. The van der Waals surface area contributed by atoms with E-state index in [1.165, 1.54) is 6.42 Å². The standard InChI is InChI=1S/C11H23NO3S/c1-2-16(13,14)8-4-6-12-9-11-5-3-7-15-10-11/h11-12H,2-10H2,1H3. The summed E-state index contributed by atoms with van der Waals surface area (Å²) in [4.78, 5) is 0. The predicted molar refractivity (Wildman–Crippen MR) is 65.4 cm³/mol. The number of hydrogen-bond acceptors (Lipinski definition) is 4. The zero-order chi connectivity index (χ0) is 11.9. The molecule has 5 heteroatoms. The second-order valence-corrected chi connectivity index (χ2v) is 6.85. The van der Waals surface area contributed by atoms with E-state index in [4.69, 9.17) is 4.74 Å². The molecule has 1 aliphatic heterocycles. The monoisotopic (exact) mass is 249 g/mol. The van der Waals surface area contributed by atoms with Crippen molar-refractivity contribution in [2.45, 2.75) is 26.2 Å². The number of nitrogens with one attached hydrogen (secondary N) is 1.